The highest BCUT2D eigenvalue weighted by atomic mass is 32.1. The van der Waals surface area contributed by atoms with Crippen LogP contribution in [0.25, 0.3) is 78.6 Å². The van der Waals surface area contributed by atoms with Crippen molar-refractivity contribution in [3.8, 4) is 5.69 Å². The second-order valence-corrected chi connectivity index (χ2v) is 15.1. The van der Waals surface area contributed by atoms with Gasteiger partial charge in [-0.1, -0.05) is 91.0 Å². The van der Waals surface area contributed by atoms with Gasteiger partial charge in [-0.2, -0.15) is 0 Å². The third kappa shape index (κ3) is 4.07. The summed E-state index contributed by atoms with van der Waals surface area (Å²) in [5.74, 6) is 0. The van der Waals surface area contributed by atoms with Gasteiger partial charge in [-0.15, -0.1) is 22.7 Å². The number of aromatic nitrogens is 1. The Balaban J connectivity index is 1.26. The van der Waals surface area contributed by atoms with Gasteiger partial charge in [0.2, 0.25) is 0 Å². The van der Waals surface area contributed by atoms with E-state index in [1.165, 1.54) is 84.3 Å². The van der Waals surface area contributed by atoms with Crippen LogP contribution in [-0.2, 0) is 0 Å². The van der Waals surface area contributed by atoms with Gasteiger partial charge >= 0.3 is 0 Å². The van der Waals surface area contributed by atoms with Gasteiger partial charge in [0, 0.05) is 62.5 Å². The Bertz CT molecular complexity index is 3110. The molecular weight excluding hydrogens is 645 g/mol. The molecule has 50 heavy (non-hydrogen) atoms. The number of anilines is 3. The predicted octanol–water partition coefficient (Wildman–Crippen LogP) is 14.1. The monoisotopic (exact) mass is 672 g/mol. The zero-order valence-electron chi connectivity index (χ0n) is 26.9. The van der Waals surface area contributed by atoms with Crippen molar-refractivity contribution in [1.29, 1.82) is 0 Å². The van der Waals surface area contributed by atoms with Gasteiger partial charge in [-0.05, 0) is 89.6 Å². The minimum Gasteiger partial charge on any atom is -0.309 e. The van der Waals surface area contributed by atoms with Crippen LogP contribution in [0.15, 0.2) is 170 Å². The van der Waals surface area contributed by atoms with Crippen molar-refractivity contribution >= 4 is 113 Å². The van der Waals surface area contributed by atoms with Gasteiger partial charge in [0.1, 0.15) is 0 Å². The summed E-state index contributed by atoms with van der Waals surface area (Å²) in [7, 11) is 0. The Morgan fingerprint density at radius 2 is 1.00 bits per heavy atom. The van der Waals surface area contributed by atoms with Gasteiger partial charge < -0.3 is 9.47 Å². The maximum atomic E-state index is 2.52. The van der Waals surface area contributed by atoms with E-state index < -0.39 is 0 Å². The summed E-state index contributed by atoms with van der Waals surface area (Å²) in [5, 5.41) is 10.2. The first-order chi connectivity index (χ1) is 24.8. The fraction of sp³-hybridized carbons (Fsp3) is 0. The molecule has 0 aliphatic rings. The lowest BCUT2D eigenvalue weighted by Gasteiger charge is -2.27. The third-order valence-electron chi connectivity index (χ3n) is 10.1. The van der Waals surface area contributed by atoms with Crippen molar-refractivity contribution in [2.75, 3.05) is 4.90 Å². The largest absolute Gasteiger partial charge is 0.309 e. The molecule has 234 valence electrons. The Morgan fingerprint density at radius 3 is 1.88 bits per heavy atom. The molecule has 0 aliphatic carbocycles. The Morgan fingerprint density at radius 1 is 0.380 bits per heavy atom. The lowest BCUT2D eigenvalue weighted by Crippen LogP contribution is -2.10. The summed E-state index contributed by atoms with van der Waals surface area (Å²) < 4.78 is 7.63. The van der Waals surface area contributed by atoms with Crippen LogP contribution < -0.4 is 4.90 Å². The Labute approximate surface area is 296 Å². The molecular formula is C46H28N2S2. The van der Waals surface area contributed by atoms with Crippen molar-refractivity contribution in [2.24, 2.45) is 0 Å². The summed E-state index contributed by atoms with van der Waals surface area (Å²) in [4.78, 5) is 2.52. The van der Waals surface area contributed by atoms with Gasteiger partial charge in [0.05, 0.1) is 22.4 Å². The maximum Gasteiger partial charge on any atom is 0.0562 e. The van der Waals surface area contributed by atoms with Gasteiger partial charge in [-0.3, -0.25) is 0 Å². The fourth-order valence-corrected chi connectivity index (χ4v) is 10.2. The lowest BCUT2D eigenvalue weighted by atomic mass is 10.0. The molecule has 0 atom stereocenters. The van der Waals surface area contributed by atoms with E-state index in [2.05, 4.69) is 179 Å². The van der Waals surface area contributed by atoms with E-state index in [-0.39, 0.29) is 0 Å². The highest BCUT2D eigenvalue weighted by Crippen LogP contribution is 2.49. The predicted molar refractivity (Wildman–Crippen MR) is 219 cm³/mol. The van der Waals surface area contributed by atoms with Crippen molar-refractivity contribution in [2.45, 2.75) is 0 Å². The summed E-state index contributed by atoms with van der Waals surface area (Å²) >= 11 is 3.75. The molecule has 0 bridgehead atoms. The number of rotatable bonds is 4. The molecule has 0 amide bonds. The van der Waals surface area contributed by atoms with Crippen molar-refractivity contribution in [3.63, 3.8) is 0 Å². The maximum absolute atomic E-state index is 2.52. The van der Waals surface area contributed by atoms with Gasteiger partial charge in [0.25, 0.3) is 0 Å². The molecule has 0 spiro atoms. The van der Waals surface area contributed by atoms with Gasteiger partial charge in [-0.25, -0.2) is 0 Å². The van der Waals surface area contributed by atoms with Crippen molar-refractivity contribution in [1.82, 2.24) is 4.57 Å². The molecule has 2 nitrogen and oxygen atoms in total. The molecule has 4 heteroatoms. The number of para-hydroxylation sites is 2. The van der Waals surface area contributed by atoms with Crippen LogP contribution in [0.4, 0.5) is 17.1 Å². The number of thiophene rings is 2. The number of hydrogen-bond acceptors (Lipinski definition) is 3. The first kappa shape index (κ1) is 28.0. The van der Waals surface area contributed by atoms with Crippen LogP contribution in [0.2, 0.25) is 0 Å². The molecule has 3 aromatic heterocycles. The van der Waals surface area contributed by atoms with E-state index in [4.69, 9.17) is 0 Å². The van der Waals surface area contributed by atoms with Crippen LogP contribution in [0.3, 0.4) is 0 Å². The van der Waals surface area contributed by atoms with E-state index in [0.29, 0.717) is 0 Å². The first-order valence-corrected chi connectivity index (χ1v) is 18.6. The summed E-state index contributed by atoms with van der Waals surface area (Å²) in [6.07, 6.45) is 0. The summed E-state index contributed by atoms with van der Waals surface area (Å²) in [5.41, 5.74) is 7.06. The molecule has 0 saturated carbocycles. The normalized spacial score (nSPS) is 12.0. The molecule has 0 fully saturated rings. The van der Waals surface area contributed by atoms with Gasteiger partial charge in [0.15, 0.2) is 0 Å². The van der Waals surface area contributed by atoms with E-state index in [0.717, 1.165) is 11.4 Å². The van der Waals surface area contributed by atoms with Crippen LogP contribution in [0.5, 0.6) is 0 Å². The number of benzene rings is 8. The average Bonchev–Trinajstić information content (AvgIpc) is 3.84. The van der Waals surface area contributed by atoms with E-state index >= 15 is 0 Å². The minimum absolute atomic E-state index is 1.15. The number of fused-ring (bicyclic) bond motifs is 10. The molecule has 3 heterocycles. The standard InChI is InChI=1S/C46H28N2S2/c1-2-14-31(15-3-1)47-37-18-8-6-16-33(37)45-38(47)19-10-20-39(45)48(40-21-11-23-43-46(40)34-17-7-9-22-41(34)49-43)32-24-25-42-36(28-32)35-26-29-12-4-5-13-30(29)27-44(35)50-42/h1-28H. The molecule has 0 unspecified atom stereocenters. The van der Waals surface area contributed by atoms with Crippen LogP contribution in [0, 0.1) is 0 Å². The topological polar surface area (TPSA) is 8.17 Å². The molecule has 0 radical (unpaired) electrons. The second kappa shape index (κ2) is 10.8. The van der Waals surface area contributed by atoms with Crippen LogP contribution in [0.1, 0.15) is 0 Å². The number of hydrogen-bond donors (Lipinski definition) is 0. The van der Waals surface area contributed by atoms with Crippen LogP contribution in [-0.4, -0.2) is 4.57 Å². The van der Waals surface area contributed by atoms with E-state index in [1.54, 1.807) is 0 Å². The molecule has 0 saturated heterocycles. The average molecular weight is 673 g/mol. The van der Waals surface area contributed by atoms with Crippen molar-refractivity contribution < 1.29 is 0 Å². The Kier molecular flexibility index (Phi) is 6.03. The van der Waals surface area contributed by atoms with Crippen LogP contribution >= 0.6 is 22.7 Å². The Hall–Kier alpha value is -5.94. The zero-order valence-corrected chi connectivity index (χ0v) is 28.5. The number of nitrogens with zero attached hydrogens (tertiary/aromatic N) is 2. The SMILES string of the molecule is c1ccc(-n2c3ccccc3c3c(N(c4ccc5sc6cc7ccccc7cc6c5c4)c4cccc5sc6ccccc6c45)cccc32)cc1. The summed E-state index contributed by atoms with van der Waals surface area (Å²) in [6.45, 7) is 0. The van der Waals surface area contributed by atoms with Crippen molar-refractivity contribution in [3.05, 3.63) is 170 Å². The fourth-order valence-electron chi connectivity index (χ4n) is 7.98. The zero-order chi connectivity index (χ0) is 32.8. The highest BCUT2D eigenvalue weighted by molar-refractivity contribution is 7.26. The van der Waals surface area contributed by atoms with E-state index in [1.807, 2.05) is 22.7 Å². The minimum atomic E-state index is 1.15. The molecule has 0 aliphatic heterocycles. The quantitative estimate of drug-likeness (QED) is 0.181. The lowest BCUT2D eigenvalue weighted by molar-refractivity contribution is 1.18. The second-order valence-electron chi connectivity index (χ2n) is 12.9. The molecule has 11 aromatic rings. The summed E-state index contributed by atoms with van der Waals surface area (Å²) in [6, 6.07) is 62.5. The highest BCUT2D eigenvalue weighted by Gasteiger charge is 2.24. The smallest absolute Gasteiger partial charge is 0.0562 e. The van der Waals surface area contributed by atoms with E-state index in [9.17, 15) is 0 Å². The first-order valence-electron chi connectivity index (χ1n) is 16.9. The molecule has 0 N–H and O–H groups in total. The molecule has 11 rings (SSSR count). The molecule has 8 aromatic carbocycles. The third-order valence-corrected chi connectivity index (χ3v) is 12.4.